The lowest BCUT2D eigenvalue weighted by molar-refractivity contribution is -0.137. The summed E-state index contributed by atoms with van der Waals surface area (Å²) in [6, 6.07) is 25.7. The second kappa shape index (κ2) is 10.5. The van der Waals surface area contributed by atoms with E-state index in [1.54, 1.807) is 78.9 Å². The lowest BCUT2D eigenvalue weighted by Crippen LogP contribution is -2.15. The van der Waals surface area contributed by atoms with E-state index in [-0.39, 0.29) is 0 Å². The number of hydrogen-bond acceptors (Lipinski definition) is 5. The molecular weight excluding hydrogens is 525 g/mol. The Labute approximate surface area is 215 Å². The number of methoxy groups -OCH3 is 2. The molecule has 4 aromatic carbocycles. The summed E-state index contributed by atoms with van der Waals surface area (Å²) in [6.07, 6.45) is -4.60. The van der Waals surface area contributed by atoms with Gasteiger partial charge in [0, 0.05) is 14.7 Å². The molecule has 4 rings (SSSR count). The van der Waals surface area contributed by atoms with Gasteiger partial charge in [0.1, 0.15) is 11.5 Å². The Balaban J connectivity index is 1.95. The van der Waals surface area contributed by atoms with E-state index in [1.165, 1.54) is 14.2 Å². The van der Waals surface area contributed by atoms with Gasteiger partial charge in [0.05, 0.1) is 24.7 Å². The molecule has 0 spiro atoms. The van der Waals surface area contributed by atoms with Crippen molar-refractivity contribution in [3.63, 3.8) is 0 Å². The molecule has 0 aliphatic heterocycles. The topological polar surface area (TPSA) is 61.8 Å². The van der Waals surface area contributed by atoms with Crippen molar-refractivity contribution in [1.29, 1.82) is 0 Å². The first-order valence-electron chi connectivity index (χ1n) is 10.9. The number of halogens is 3. The van der Waals surface area contributed by atoms with Crippen molar-refractivity contribution in [1.82, 2.24) is 0 Å². The quantitative estimate of drug-likeness (QED) is 0.231. The molecule has 5 nitrogen and oxygen atoms in total. The number of alkyl halides is 3. The lowest BCUT2D eigenvalue weighted by Gasteiger charge is -2.39. The second-order valence-corrected chi connectivity index (χ2v) is 12.2. The third-order valence-corrected chi connectivity index (χ3v) is 10.7. The number of ether oxygens (including phenoxy) is 2. The lowest BCUT2D eigenvalue weighted by atomic mass is 10.2. The van der Waals surface area contributed by atoms with Crippen LogP contribution in [0, 0.1) is 0 Å². The van der Waals surface area contributed by atoms with Crippen LogP contribution in [0.15, 0.2) is 123 Å². The Hall–Kier alpha value is -3.47. The molecule has 0 amide bonds. The van der Waals surface area contributed by atoms with E-state index in [4.69, 9.17) is 13.1 Å². The molecule has 0 fully saturated rings. The standard InChI is InChI=1S/C27H23F3O5S2/c1-33-21-10-16-24(17-11-21)36(23-6-4-3-5-7-23,25-18-12-22(34-2)13-19-25)35-37(31,32)26-14-8-20(9-15-26)27(28,29)30/h3-19H,1-2H3. The Morgan fingerprint density at radius 1 is 0.568 bits per heavy atom. The van der Waals surface area contributed by atoms with Crippen molar-refractivity contribution < 1.29 is 34.7 Å². The predicted octanol–water partition coefficient (Wildman–Crippen LogP) is 7.32. The Morgan fingerprint density at radius 3 is 1.38 bits per heavy atom. The van der Waals surface area contributed by atoms with E-state index in [1.807, 2.05) is 0 Å². The number of rotatable bonds is 8. The van der Waals surface area contributed by atoms with Gasteiger partial charge in [0.25, 0.3) is 0 Å². The van der Waals surface area contributed by atoms with Crippen molar-refractivity contribution in [2.24, 2.45) is 0 Å². The molecule has 0 bridgehead atoms. The fourth-order valence-corrected chi connectivity index (χ4v) is 8.85. The van der Waals surface area contributed by atoms with Gasteiger partial charge < -0.3 is 9.47 Å². The zero-order valence-electron chi connectivity index (χ0n) is 19.8. The van der Waals surface area contributed by atoms with Gasteiger partial charge in [-0.25, -0.2) is 3.63 Å². The highest BCUT2D eigenvalue weighted by atomic mass is 32.3. The molecule has 4 aromatic rings. The molecule has 0 saturated carbocycles. The smallest absolute Gasteiger partial charge is 0.416 e. The predicted molar refractivity (Wildman–Crippen MR) is 135 cm³/mol. The third kappa shape index (κ3) is 5.46. The van der Waals surface area contributed by atoms with Crippen LogP contribution in [0.4, 0.5) is 13.2 Å². The minimum Gasteiger partial charge on any atom is -0.497 e. The van der Waals surface area contributed by atoms with Crippen LogP contribution in [0.3, 0.4) is 0 Å². The van der Waals surface area contributed by atoms with Crippen LogP contribution < -0.4 is 9.47 Å². The molecular formula is C27H23F3O5S2. The molecule has 0 N–H and O–H groups in total. The van der Waals surface area contributed by atoms with E-state index in [2.05, 4.69) is 0 Å². The maximum atomic E-state index is 13.6. The van der Waals surface area contributed by atoms with E-state index in [0.29, 0.717) is 26.2 Å². The van der Waals surface area contributed by atoms with E-state index in [0.717, 1.165) is 24.3 Å². The van der Waals surface area contributed by atoms with Crippen LogP contribution >= 0.6 is 10.3 Å². The van der Waals surface area contributed by atoms with Crippen molar-refractivity contribution in [3.05, 3.63) is 109 Å². The summed E-state index contributed by atoms with van der Waals surface area (Å²) in [7, 11) is -4.47. The summed E-state index contributed by atoms with van der Waals surface area (Å²) in [5, 5.41) is 0. The van der Waals surface area contributed by atoms with Crippen LogP contribution in [0.1, 0.15) is 5.56 Å². The maximum Gasteiger partial charge on any atom is 0.416 e. The average molecular weight is 549 g/mol. The fraction of sp³-hybridized carbons (Fsp3) is 0.111. The summed E-state index contributed by atoms with van der Waals surface area (Å²) in [5.41, 5.74) is -0.960. The summed E-state index contributed by atoms with van der Waals surface area (Å²) >= 11 is 0. The Kier molecular flexibility index (Phi) is 7.54. The largest absolute Gasteiger partial charge is 0.497 e. The molecule has 0 saturated heterocycles. The van der Waals surface area contributed by atoms with Gasteiger partial charge >= 0.3 is 16.3 Å². The van der Waals surface area contributed by atoms with Crippen LogP contribution in [-0.4, -0.2) is 22.6 Å². The molecule has 0 unspecified atom stereocenters. The maximum absolute atomic E-state index is 13.6. The number of hydrogen-bond donors (Lipinski definition) is 0. The van der Waals surface area contributed by atoms with Crippen molar-refractivity contribution in [2.75, 3.05) is 14.2 Å². The van der Waals surface area contributed by atoms with Gasteiger partial charge in [-0.3, -0.25) is 0 Å². The summed E-state index contributed by atoms with van der Waals surface area (Å²) < 4.78 is 83.2. The van der Waals surface area contributed by atoms with E-state index >= 15 is 0 Å². The van der Waals surface area contributed by atoms with Gasteiger partial charge in [-0.05, 0) is 95.2 Å². The second-order valence-electron chi connectivity index (χ2n) is 7.76. The molecule has 0 atom stereocenters. The fourth-order valence-electron chi connectivity index (χ4n) is 3.66. The summed E-state index contributed by atoms with van der Waals surface area (Å²) in [5.74, 6) is 1.12. The van der Waals surface area contributed by atoms with E-state index < -0.39 is 37.1 Å². The molecule has 37 heavy (non-hydrogen) atoms. The van der Waals surface area contributed by atoms with Gasteiger partial charge in [-0.1, -0.05) is 18.2 Å². The molecule has 0 heterocycles. The molecule has 0 aliphatic rings. The molecule has 10 heteroatoms. The highest BCUT2D eigenvalue weighted by Gasteiger charge is 2.39. The van der Waals surface area contributed by atoms with Gasteiger partial charge in [-0.2, -0.15) is 21.6 Å². The zero-order chi connectivity index (χ0) is 26.7. The highest BCUT2D eigenvalue weighted by molar-refractivity contribution is 8.33. The summed E-state index contributed by atoms with van der Waals surface area (Å²) in [4.78, 5) is 1.26. The van der Waals surface area contributed by atoms with Crippen molar-refractivity contribution in [3.8, 4) is 11.5 Å². The monoisotopic (exact) mass is 548 g/mol. The zero-order valence-corrected chi connectivity index (χ0v) is 21.4. The van der Waals surface area contributed by atoms with Crippen LogP contribution in [0.2, 0.25) is 0 Å². The van der Waals surface area contributed by atoms with Gasteiger partial charge in [0.15, 0.2) is 0 Å². The minimum absolute atomic E-state index is 0.393. The van der Waals surface area contributed by atoms with Crippen LogP contribution in [-0.2, 0) is 19.9 Å². The first-order chi connectivity index (χ1) is 17.6. The SMILES string of the molecule is COc1ccc(S(OS(=O)(=O)c2ccc(C(F)(F)F)cc2)(c2ccccc2)c2ccc(OC)cc2)cc1. The molecule has 194 valence electrons. The molecule has 0 aliphatic carbocycles. The Bertz CT molecular complexity index is 1390. The first kappa shape index (κ1) is 26.6. The summed E-state index contributed by atoms with van der Waals surface area (Å²) in [6.45, 7) is 0. The molecule has 0 aromatic heterocycles. The van der Waals surface area contributed by atoms with Gasteiger partial charge in [-0.15, -0.1) is 0 Å². The minimum atomic E-state index is -4.60. The Morgan fingerprint density at radius 2 is 0.973 bits per heavy atom. The number of benzene rings is 4. The van der Waals surface area contributed by atoms with Crippen molar-refractivity contribution >= 4 is 20.4 Å². The first-order valence-corrected chi connectivity index (χ1v) is 13.9. The van der Waals surface area contributed by atoms with Gasteiger partial charge in [0.2, 0.25) is 0 Å². The third-order valence-electron chi connectivity index (χ3n) is 5.52. The van der Waals surface area contributed by atoms with Crippen LogP contribution in [0.25, 0.3) is 0 Å². The molecule has 0 radical (unpaired) electrons. The van der Waals surface area contributed by atoms with Crippen molar-refractivity contribution in [2.45, 2.75) is 25.8 Å². The van der Waals surface area contributed by atoms with E-state index in [9.17, 15) is 21.6 Å². The van der Waals surface area contributed by atoms with Crippen LogP contribution in [0.5, 0.6) is 11.5 Å². The highest BCUT2D eigenvalue weighted by Crippen LogP contribution is 2.70. The normalized spacial score (nSPS) is 12.7. The average Bonchev–Trinajstić information content (AvgIpc) is 2.92.